The molecule has 0 heterocycles. The Bertz CT molecular complexity index is 353. The molecule has 0 aromatic heterocycles. The zero-order valence-electron chi connectivity index (χ0n) is 11.9. The molecule has 0 aromatic carbocycles. The lowest BCUT2D eigenvalue weighted by Crippen LogP contribution is -2.34. The Kier molecular flexibility index (Phi) is 5.12. The van der Waals surface area contributed by atoms with Crippen LogP contribution in [-0.2, 0) is 14.3 Å². The molecule has 0 aliphatic heterocycles. The lowest BCUT2D eigenvalue weighted by atomic mass is 9.75. The number of allylic oxidation sites excluding steroid dienone is 2. The van der Waals surface area contributed by atoms with Gasteiger partial charge in [0.15, 0.2) is 0 Å². The summed E-state index contributed by atoms with van der Waals surface area (Å²) in [7, 11) is 0. The predicted molar refractivity (Wildman–Crippen MR) is 71.1 cm³/mol. The molecule has 3 heteroatoms. The van der Waals surface area contributed by atoms with Crippen LogP contribution in [0.25, 0.3) is 0 Å². The van der Waals surface area contributed by atoms with Crippen LogP contribution in [-0.4, -0.2) is 18.4 Å². The average Bonchev–Trinajstić information content (AvgIpc) is 2.55. The molecule has 0 saturated heterocycles. The molecule has 1 saturated carbocycles. The minimum Gasteiger partial charge on any atom is -0.465 e. The van der Waals surface area contributed by atoms with Crippen molar-refractivity contribution < 1.29 is 14.3 Å². The van der Waals surface area contributed by atoms with Crippen LogP contribution < -0.4 is 0 Å². The number of hydrogen-bond donors (Lipinski definition) is 0. The number of Topliss-reactive ketones (excluding diaryl/α,β-unsaturated/α-hetero) is 1. The molecule has 1 aliphatic carbocycles. The summed E-state index contributed by atoms with van der Waals surface area (Å²) in [6.45, 7) is 8.28. The van der Waals surface area contributed by atoms with E-state index in [2.05, 4.69) is 19.9 Å². The van der Waals surface area contributed by atoms with Crippen LogP contribution in [0.3, 0.4) is 0 Å². The van der Waals surface area contributed by atoms with Crippen molar-refractivity contribution in [3.8, 4) is 0 Å². The van der Waals surface area contributed by atoms with Crippen molar-refractivity contribution in [2.75, 3.05) is 6.61 Å². The standard InChI is InChI=1S/C15H24O3/c1-5-18-14(17)13-12(16)8-10-15(13,4)9-6-7-11(2)3/h7,13H,5-6,8-10H2,1-4H3/t13?,15-/m0/s1. The predicted octanol–water partition coefficient (Wildman–Crippen LogP) is 3.28. The Morgan fingerprint density at radius 3 is 2.72 bits per heavy atom. The number of esters is 1. The summed E-state index contributed by atoms with van der Waals surface area (Å²) in [6, 6.07) is 0. The average molecular weight is 252 g/mol. The van der Waals surface area contributed by atoms with Crippen LogP contribution in [0.15, 0.2) is 11.6 Å². The zero-order valence-corrected chi connectivity index (χ0v) is 11.9. The highest BCUT2D eigenvalue weighted by Crippen LogP contribution is 2.45. The van der Waals surface area contributed by atoms with Crippen LogP contribution in [0.2, 0.25) is 0 Å². The number of hydrogen-bond acceptors (Lipinski definition) is 3. The Hall–Kier alpha value is -1.12. The van der Waals surface area contributed by atoms with Crippen LogP contribution in [0.5, 0.6) is 0 Å². The highest BCUT2D eigenvalue weighted by atomic mass is 16.5. The lowest BCUT2D eigenvalue weighted by Gasteiger charge is -2.28. The van der Waals surface area contributed by atoms with E-state index in [1.165, 1.54) is 5.57 Å². The van der Waals surface area contributed by atoms with Crippen LogP contribution in [0.1, 0.15) is 53.4 Å². The lowest BCUT2D eigenvalue weighted by molar-refractivity contribution is -0.154. The van der Waals surface area contributed by atoms with E-state index in [1.54, 1.807) is 6.92 Å². The van der Waals surface area contributed by atoms with E-state index >= 15 is 0 Å². The molecule has 102 valence electrons. The number of rotatable bonds is 5. The molecular weight excluding hydrogens is 228 g/mol. The second-order valence-electron chi connectivity index (χ2n) is 5.63. The molecule has 18 heavy (non-hydrogen) atoms. The van der Waals surface area contributed by atoms with E-state index in [-0.39, 0.29) is 17.2 Å². The van der Waals surface area contributed by atoms with Gasteiger partial charge in [0.2, 0.25) is 0 Å². The smallest absolute Gasteiger partial charge is 0.317 e. The first-order chi connectivity index (χ1) is 8.40. The minimum absolute atomic E-state index is 0.0492. The summed E-state index contributed by atoms with van der Waals surface area (Å²) in [5, 5.41) is 0. The largest absolute Gasteiger partial charge is 0.465 e. The molecule has 0 aromatic rings. The van der Waals surface area contributed by atoms with E-state index < -0.39 is 5.92 Å². The van der Waals surface area contributed by atoms with Crippen molar-refractivity contribution >= 4 is 11.8 Å². The maximum absolute atomic E-state index is 11.9. The fourth-order valence-corrected chi connectivity index (χ4v) is 2.69. The van der Waals surface area contributed by atoms with Crippen LogP contribution >= 0.6 is 0 Å². The number of carbonyl (C=O) groups excluding carboxylic acids is 2. The van der Waals surface area contributed by atoms with Crippen molar-refractivity contribution in [2.24, 2.45) is 11.3 Å². The van der Waals surface area contributed by atoms with Crippen LogP contribution in [0.4, 0.5) is 0 Å². The van der Waals surface area contributed by atoms with Gasteiger partial charge in [-0.05, 0) is 45.4 Å². The topological polar surface area (TPSA) is 43.4 Å². The molecular formula is C15H24O3. The summed E-state index contributed by atoms with van der Waals surface area (Å²) in [5.41, 5.74) is 1.05. The van der Waals surface area contributed by atoms with Gasteiger partial charge in [0.05, 0.1) is 6.61 Å². The van der Waals surface area contributed by atoms with Crippen LogP contribution in [0, 0.1) is 11.3 Å². The third-order valence-corrected chi connectivity index (χ3v) is 3.75. The first-order valence-corrected chi connectivity index (χ1v) is 6.73. The third kappa shape index (κ3) is 3.44. The van der Waals surface area contributed by atoms with Crippen molar-refractivity contribution in [1.29, 1.82) is 0 Å². The van der Waals surface area contributed by atoms with Gasteiger partial charge in [-0.3, -0.25) is 9.59 Å². The maximum Gasteiger partial charge on any atom is 0.317 e. The first-order valence-electron chi connectivity index (χ1n) is 6.73. The Morgan fingerprint density at radius 2 is 2.17 bits per heavy atom. The van der Waals surface area contributed by atoms with Gasteiger partial charge in [-0.1, -0.05) is 18.6 Å². The molecule has 0 bridgehead atoms. The summed E-state index contributed by atoms with van der Waals surface area (Å²) >= 11 is 0. The molecule has 0 radical (unpaired) electrons. The summed E-state index contributed by atoms with van der Waals surface area (Å²) in [5.74, 6) is -0.837. The molecule has 2 atom stereocenters. The van der Waals surface area contributed by atoms with Gasteiger partial charge >= 0.3 is 5.97 Å². The molecule has 0 amide bonds. The summed E-state index contributed by atoms with van der Waals surface area (Å²) in [6.07, 6.45) is 5.26. The second kappa shape index (κ2) is 6.17. The molecule has 1 aliphatic rings. The van der Waals surface area contributed by atoms with E-state index in [1.807, 2.05) is 6.92 Å². The Morgan fingerprint density at radius 1 is 1.50 bits per heavy atom. The van der Waals surface area contributed by atoms with E-state index in [0.29, 0.717) is 13.0 Å². The monoisotopic (exact) mass is 252 g/mol. The fourth-order valence-electron chi connectivity index (χ4n) is 2.69. The fraction of sp³-hybridized carbons (Fsp3) is 0.733. The van der Waals surface area contributed by atoms with E-state index in [0.717, 1.165) is 19.3 Å². The molecule has 0 spiro atoms. The number of ether oxygens (including phenoxy) is 1. The van der Waals surface area contributed by atoms with E-state index in [9.17, 15) is 9.59 Å². The summed E-state index contributed by atoms with van der Waals surface area (Å²) < 4.78 is 5.04. The Labute approximate surface area is 110 Å². The quantitative estimate of drug-likeness (QED) is 0.428. The first kappa shape index (κ1) is 14.9. The van der Waals surface area contributed by atoms with Crippen molar-refractivity contribution in [3.05, 3.63) is 11.6 Å². The molecule has 1 unspecified atom stereocenters. The summed E-state index contributed by atoms with van der Waals surface area (Å²) in [4.78, 5) is 23.8. The van der Waals surface area contributed by atoms with Gasteiger partial charge in [0.1, 0.15) is 11.7 Å². The van der Waals surface area contributed by atoms with Crippen molar-refractivity contribution in [1.82, 2.24) is 0 Å². The van der Waals surface area contributed by atoms with Gasteiger partial charge < -0.3 is 4.74 Å². The normalized spacial score (nSPS) is 27.1. The van der Waals surface area contributed by atoms with Gasteiger partial charge in [-0.2, -0.15) is 0 Å². The van der Waals surface area contributed by atoms with Gasteiger partial charge in [0.25, 0.3) is 0 Å². The van der Waals surface area contributed by atoms with Crippen molar-refractivity contribution in [2.45, 2.75) is 53.4 Å². The SMILES string of the molecule is CCOC(=O)C1C(=O)CC[C@]1(C)CCC=C(C)C. The third-order valence-electron chi connectivity index (χ3n) is 3.75. The van der Waals surface area contributed by atoms with Gasteiger partial charge in [0, 0.05) is 6.42 Å². The zero-order chi connectivity index (χ0) is 13.8. The van der Waals surface area contributed by atoms with Gasteiger partial charge in [-0.25, -0.2) is 0 Å². The molecule has 0 N–H and O–H groups in total. The van der Waals surface area contributed by atoms with E-state index in [4.69, 9.17) is 4.74 Å². The van der Waals surface area contributed by atoms with Gasteiger partial charge in [-0.15, -0.1) is 0 Å². The molecule has 1 rings (SSSR count). The highest BCUT2D eigenvalue weighted by Gasteiger charge is 2.48. The maximum atomic E-state index is 11.9. The molecule has 3 nitrogen and oxygen atoms in total. The molecule has 1 fully saturated rings. The van der Waals surface area contributed by atoms with Crippen molar-refractivity contribution in [3.63, 3.8) is 0 Å². The highest BCUT2D eigenvalue weighted by molar-refractivity contribution is 6.01. The number of ketones is 1. The number of carbonyl (C=O) groups is 2. The Balaban J connectivity index is 2.74. The second-order valence-corrected chi connectivity index (χ2v) is 5.63. The minimum atomic E-state index is -0.553.